The number of nitrogens with zero attached hydrogens (tertiary/aromatic N) is 5. The number of nitro groups is 1. The molecule has 4 N–H and O–H groups in total. The summed E-state index contributed by atoms with van der Waals surface area (Å²) in [5.41, 5.74) is 3.78. The average Bonchev–Trinajstić information content (AvgIpc) is 3.76. The van der Waals surface area contributed by atoms with Gasteiger partial charge in [0.15, 0.2) is 0 Å². The summed E-state index contributed by atoms with van der Waals surface area (Å²) < 4.78 is 57.7. The van der Waals surface area contributed by atoms with Crippen LogP contribution in [0.25, 0.3) is 11.0 Å². The summed E-state index contributed by atoms with van der Waals surface area (Å²) in [5.74, 6) is 0.839. The van der Waals surface area contributed by atoms with Crippen molar-refractivity contribution in [1.29, 1.82) is 4.78 Å². The van der Waals surface area contributed by atoms with E-state index in [-0.39, 0.29) is 34.0 Å². The van der Waals surface area contributed by atoms with Gasteiger partial charge in [0.1, 0.15) is 22.0 Å². The molecule has 2 aliphatic heterocycles. The van der Waals surface area contributed by atoms with Crippen LogP contribution in [0.4, 0.5) is 17.2 Å². The number of ether oxygens (including phenoxy) is 1. The standard InChI is InChI=1S/C49H61N9O7S2/c1-32(2)39-7-5-6-8-40(39)43-31-66(50,62)22-21-57(43)36-26-49(27-36)16-19-56(20-17-49)35-9-10-41(44(24-35)65-37-23-34-13-18-51-45(34)53-29-37)47(59)55-67(63,64)38-25-42(58(60)61)46(54-30-38)52-28-33-11-14-48(3,4)15-12-33/h5-10,13,18,23-25,29-30,32-33,36,43,50H,11-12,14-17,19-22,26-28,31H2,1-4H3,(H,51,53)(H,52,54)(H,55,59)/t43-,66?/m0/s1. The number of piperidine rings is 1. The lowest BCUT2D eigenvalue weighted by Crippen LogP contribution is -2.58. The Kier molecular flexibility index (Phi) is 12.6. The molecule has 9 rings (SSSR count). The quantitative estimate of drug-likeness (QED) is 0.0641. The molecule has 2 saturated carbocycles. The van der Waals surface area contributed by atoms with E-state index in [1.54, 1.807) is 24.4 Å². The summed E-state index contributed by atoms with van der Waals surface area (Å²) >= 11 is 0. The van der Waals surface area contributed by atoms with Gasteiger partial charge in [-0.25, -0.2) is 27.3 Å². The van der Waals surface area contributed by atoms with Crippen LogP contribution in [0.5, 0.6) is 11.5 Å². The smallest absolute Gasteiger partial charge is 0.312 e. The third kappa shape index (κ3) is 10.0. The Morgan fingerprint density at radius 3 is 2.49 bits per heavy atom. The molecule has 1 spiro atoms. The molecule has 2 aliphatic carbocycles. The van der Waals surface area contributed by atoms with Crippen molar-refractivity contribution in [3.05, 3.63) is 106 Å². The van der Waals surface area contributed by atoms with Crippen LogP contribution in [0.3, 0.4) is 0 Å². The normalized spacial score (nSPS) is 22.4. The highest BCUT2D eigenvalue weighted by atomic mass is 32.2. The predicted octanol–water partition coefficient (Wildman–Crippen LogP) is 9.38. The molecule has 0 radical (unpaired) electrons. The van der Waals surface area contributed by atoms with Crippen molar-refractivity contribution in [3.8, 4) is 11.5 Å². The first-order valence-corrected chi connectivity index (χ1v) is 26.8. The average molecular weight is 952 g/mol. The largest absolute Gasteiger partial charge is 0.455 e. The second-order valence-electron chi connectivity index (χ2n) is 20.4. The van der Waals surface area contributed by atoms with E-state index in [4.69, 9.17) is 9.52 Å². The van der Waals surface area contributed by atoms with E-state index in [1.807, 2.05) is 6.07 Å². The summed E-state index contributed by atoms with van der Waals surface area (Å²) in [6.07, 6.45) is 12.3. The highest BCUT2D eigenvalue weighted by Gasteiger charge is 2.50. The summed E-state index contributed by atoms with van der Waals surface area (Å²) in [6.45, 7) is 11.5. The molecule has 1 unspecified atom stereocenters. The van der Waals surface area contributed by atoms with Crippen molar-refractivity contribution in [2.45, 2.75) is 102 Å². The van der Waals surface area contributed by atoms with Crippen LogP contribution in [0.2, 0.25) is 0 Å². The number of sulfonamides is 1. The molecule has 5 heterocycles. The van der Waals surface area contributed by atoms with Crippen molar-refractivity contribution in [3.63, 3.8) is 0 Å². The van der Waals surface area contributed by atoms with Gasteiger partial charge in [0.05, 0.1) is 28.6 Å². The molecule has 67 heavy (non-hydrogen) atoms. The van der Waals surface area contributed by atoms with Crippen LogP contribution in [0.15, 0.2) is 84.1 Å². The Morgan fingerprint density at radius 1 is 1.01 bits per heavy atom. The van der Waals surface area contributed by atoms with Gasteiger partial charge in [-0.05, 0) is 109 Å². The number of aromatic nitrogens is 3. The Morgan fingerprint density at radius 2 is 1.76 bits per heavy atom. The van der Waals surface area contributed by atoms with Crippen molar-refractivity contribution in [2.24, 2.45) is 16.7 Å². The van der Waals surface area contributed by atoms with Gasteiger partial charge in [0, 0.05) is 83.1 Å². The molecular weight excluding hydrogens is 891 g/mol. The van der Waals surface area contributed by atoms with Gasteiger partial charge >= 0.3 is 5.69 Å². The zero-order valence-electron chi connectivity index (χ0n) is 38.6. The summed E-state index contributed by atoms with van der Waals surface area (Å²) in [5, 5.41) is 16.0. The molecule has 0 bridgehead atoms. The van der Waals surface area contributed by atoms with Crippen LogP contribution >= 0.6 is 0 Å². The fraction of sp³-hybridized carbons (Fsp3) is 0.490. The minimum absolute atomic E-state index is 0.0267. The highest BCUT2D eigenvalue weighted by Crippen LogP contribution is 2.53. The van der Waals surface area contributed by atoms with Crippen LogP contribution in [0.1, 0.15) is 113 Å². The van der Waals surface area contributed by atoms with E-state index in [1.165, 1.54) is 23.4 Å². The minimum atomic E-state index is -4.63. The Labute approximate surface area is 392 Å². The molecule has 2 saturated heterocycles. The number of benzene rings is 2. The fourth-order valence-electron chi connectivity index (χ4n) is 10.8. The van der Waals surface area contributed by atoms with Crippen LogP contribution in [0, 0.1) is 31.6 Å². The molecule has 356 valence electrons. The molecule has 3 aromatic heterocycles. The highest BCUT2D eigenvalue weighted by molar-refractivity contribution is 7.92. The van der Waals surface area contributed by atoms with E-state index < -0.39 is 41.2 Å². The number of carbonyl (C=O) groups excluding carboxylic acids is 1. The summed E-state index contributed by atoms with van der Waals surface area (Å²) in [6, 6.07) is 18.3. The van der Waals surface area contributed by atoms with Crippen LogP contribution < -0.4 is 19.7 Å². The number of aromatic amines is 1. The van der Waals surface area contributed by atoms with Gasteiger partial charge in [-0.15, -0.1) is 0 Å². The number of nitrogens with one attached hydrogen (secondary N) is 4. The first-order valence-electron chi connectivity index (χ1n) is 23.4. The summed E-state index contributed by atoms with van der Waals surface area (Å²) in [4.78, 5) is 41.4. The lowest BCUT2D eigenvalue weighted by atomic mass is 9.59. The van der Waals surface area contributed by atoms with Gasteiger partial charge in [-0.3, -0.25) is 24.6 Å². The van der Waals surface area contributed by atoms with Crippen molar-refractivity contribution >= 4 is 53.9 Å². The van der Waals surface area contributed by atoms with Crippen molar-refractivity contribution in [1.82, 2.24) is 24.6 Å². The predicted molar refractivity (Wildman–Crippen MR) is 260 cm³/mol. The maximum Gasteiger partial charge on any atom is 0.312 e. The van der Waals surface area contributed by atoms with Crippen LogP contribution in [-0.4, -0.2) is 87.0 Å². The zero-order chi connectivity index (χ0) is 47.3. The number of fused-ring (bicyclic) bond motifs is 1. The van der Waals surface area contributed by atoms with Gasteiger partial charge in [0.2, 0.25) is 5.82 Å². The second-order valence-corrected chi connectivity index (χ2v) is 24.4. The molecule has 2 atom stereocenters. The molecule has 4 aliphatic rings. The molecular formula is C49H61N9O7S2. The zero-order valence-corrected chi connectivity index (χ0v) is 40.3. The molecule has 4 fully saturated rings. The van der Waals surface area contributed by atoms with E-state index >= 15 is 0 Å². The number of hydrogen-bond donors (Lipinski definition) is 4. The Bertz CT molecular complexity index is 2890. The number of amides is 1. The third-order valence-electron chi connectivity index (χ3n) is 14.9. The van der Waals surface area contributed by atoms with Crippen molar-refractivity contribution < 1.29 is 27.1 Å². The molecule has 16 nitrogen and oxygen atoms in total. The van der Waals surface area contributed by atoms with Crippen LogP contribution in [-0.2, 0) is 19.8 Å². The first kappa shape index (κ1) is 46.5. The van der Waals surface area contributed by atoms with E-state index in [0.29, 0.717) is 53.9 Å². The Balaban J connectivity index is 0.903. The maximum atomic E-state index is 14.0. The third-order valence-corrected chi connectivity index (χ3v) is 17.9. The second kappa shape index (κ2) is 18.1. The van der Waals surface area contributed by atoms with E-state index in [0.717, 1.165) is 87.8 Å². The Hall–Kier alpha value is -5.59. The van der Waals surface area contributed by atoms with E-state index in [2.05, 4.69) is 86.8 Å². The molecule has 18 heteroatoms. The lowest BCUT2D eigenvalue weighted by molar-refractivity contribution is -0.384. The number of hydrogen-bond acceptors (Lipinski definition) is 13. The number of H-pyrrole nitrogens is 1. The van der Waals surface area contributed by atoms with Gasteiger partial charge in [-0.1, -0.05) is 52.0 Å². The fourth-order valence-corrected chi connectivity index (χ4v) is 13.3. The topological polar surface area (TPSA) is 217 Å². The van der Waals surface area contributed by atoms with Gasteiger partial charge < -0.3 is 19.9 Å². The summed E-state index contributed by atoms with van der Waals surface area (Å²) in [7, 11) is -7.29. The number of pyridine rings is 2. The number of carbonyl (C=O) groups is 1. The molecule has 5 aromatic rings. The molecule has 2 aromatic carbocycles. The van der Waals surface area contributed by atoms with E-state index in [9.17, 15) is 27.5 Å². The number of rotatable bonds is 13. The van der Waals surface area contributed by atoms with Gasteiger partial charge in [0.25, 0.3) is 15.9 Å². The first-order chi connectivity index (χ1) is 31.9. The molecule has 1 amide bonds. The maximum absolute atomic E-state index is 14.0. The SMILES string of the molecule is CC(C)c1ccccc1[C@@H]1CS(=N)(=O)CCN1C1CC2(CCN(c3ccc(C(=O)NS(=O)(=O)c4cnc(NCC5CCC(C)(C)CC5)c([N+](=O)[O-])c4)c(Oc4cnc5[nH]ccc5c4)c3)CC2)C1. The monoisotopic (exact) mass is 951 g/mol. The number of anilines is 2. The van der Waals surface area contributed by atoms with Crippen molar-refractivity contribution in [2.75, 3.05) is 47.9 Å². The van der Waals surface area contributed by atoms with Gasteiger partial charge in [-0.2, -0.15) is 0 Å². The minimum Gasteiger partial charge on any atom is -0.455 e. The lowest BCUT2D eigenvalue weighted by Gasteiger charge is -2.57.